The van der Waals surface area contributed by atoms with Gasteiger partial charge in [-0.25, -0.2) is 5.06 Å². The van der Waals surface area contributed by atoms with Crippen molar-refractivity contribution >= 4 is 23.0 Å². The Hall–Kier alpha value is -2.82. The number of carbonyl (C=O) groups excluding carboxylic acids is 1. The van der Waals surface area contributed by atoms with Crippen LogP contribution < -0.4 is 21.1 Å². The summed E-state index contributed by atoms with van der Waals surface area (Å²) in [7, 11) is 1.77. The van der Waals surface area contributed by atoms with Crippen molar-refractivity contribution in [3.05, 3.63) is 45.0 Å². The molecule has 2 heterocycles. The molecule has 0 atom stereocenters. The summed E-state index contributed by atoms with van der Waals surface area (Å²) in [5.41, 5.74) is 0.648. The van der Waals surface area contributed by atoms with Crippen molar-refractivity contribution in [2.24, 2.45) is 0 Å². The fourth-order valence-electron chi connectivity index (χ4n) is 5.43. The van der Waals surface area contributed by atoms with Gasteiger partial charge in [0.2, 0.25) is 5.91 Å². The predicted molar refractivity (Wildman–Crippen MR) is 152 cm³/mol. The number of amides is 1. The zero-order valence-electron chi connectivity index (χ0n) is 23.2. The van der Waals surface area contributed by atoms with Crippen molar-refractivity contribution in [3.8, 4) is 0 Å². The first-order valence-corrected chi connectivity index (χ1v) is 14.5. The highest BCUT2D eigenvalue weighted by Crippen LogP contribution is 2.27. The Morgan fingerprint density at radius 2 is 1.77 bits per heavy atom. The van der Waals surface area contributed by atoms with E-state index < -0.39 is 10.9 Å². The van der Waals surface area contributed by atoms with Crippen molar-refractivity contribution in [1.82, 2.24) is 14.9 Å². The number of anilines is 3. The third-order valence-electron chi connectivity index (χ3n) is 7.78. The maximum Gasteiger partial charge on any atom is 0.253 e. The number of pyridine rings is 1. The lowest BCUT2D eigenvalue weighted by Crippen LogP contribution is -2.44. The van der Waals surface area contributed by atoms with Crippen LogP contribution in [0.2, 0.25) is 0 Å². The Balaban J connectivity index is 1.16. The van der Waals surface area contributed by atoms with Crippen LogP contribution in [-0.4, -0.2) is 79.9 Å². The van der Waals surface area contributed by atoms with Crippen LogP contribution in [0.3, 0.4) is 0 Å². The minimum absolute atomic E-state index is 0.0922. The van der Waals surface area contributed by atoms with Crippen LogP contribution in [0.4, 0.5) is 17.1 Å². The molecule has 0 bridgehead atoms. The lowest BCUT2D eigenvalue weighted by Gasteiger charge is -2.34. The van der Waals surface area contributed by atoms with Crippen LogP contribution in [0.15, 0.2) is 34.1 Å². The Morgan fingerprint density at radius 1 is 1.05 bits per heavy atom. The van der Waals surface area contributed by atoms with Gasteiger partial charge in [0.25, 0.3) is 10.9 Å². The van der Waals surface area contributed by atoms with E-state index in [1.807, 2.05) is 0 Å². The van der Waals surface area contributed by atoms with Crippen LogP contribution in [0, 0.1) is 0 Å². The zero-order valence-corrected chi connectivity index (χ0v) is 23.2. The summed E-state index contributed by atoms with van der Waals surface area (Å²) in [5, 5.41) is 4.86. The summed E-state index contributed by atoms with van der Waals surface area (Å²) < 4.78 is 5.41. The van der Waals surface area contributed by atoms with E-state index in [0.717, 1.165) is 89.9 Å². The largest absolute Gasteiger partial charge is 0.380 e. The fraction of sp³-hybridized carbons (Fsp3) is 0.655. The van der Waals surface area contributed by atoms with E-state index in [4.69, 9.17) is 9.57 Å². The van der Waals surface area contributed by atoms with Crippen molar-refractivity contribution in [1.29, 1.82) is 0 Å². The molecule has 1 saturated carbocycles. The number of hydrogen-bond donors (Lipinski definition) is 1. The van der Waals surface area contributed by atoms with Gasteiger partial charge in [-0.1, -0.05) is 32.1 Å². The molecule has 0 radical (unpaired) electrons. The number of nitrogens with one attached hydrogen (secondary N) is 1. The molecular weight excluding hydrogens is 498 g/mol. The molecule has 1 aliphatic carbocycles. The molecule has 1 aliphatic heterocycles. The number of rotatable bonds is 15. The molecule has 214 valence electrons. The third kappa shape index (κ3) is 8.09. The Labute approximate surface area is 230 Å². The van der Waals surface area contributed by atoms with Crippen LogP contribution >= 0.6 is 0 Å². The number of carbonyl (C=O) groups is 1. The van der Waals surface area contributed by atoms with E-state index >= 15 is 0 Å². The first-order chi connectivity index (χ1) is 19.1. The highest BCUT2D eigenvalue weighted by atomic mass is 16.7. The Morgan fingerprint density at radius 3 is 2.51 bits per heavy atom. The third-order valence-corrected chi connectivity index (χ3v) is 7.78. The molecule has 0 unspecified atom stereocenters. The van der Waals surface area contributed by atoms with Gasteiger partial charge in [-0.2, -0.15) is 0 Å². The lowest BCUT2D eigenvalue weighted by molar-refractivity contribution is -0.205. The first kappa shape index (κ1) is 29.2. The number of morpholine rings is 1. The summed E-state index contributed by atoms with van der Waals surface area (Å²) >= 11 is 0. The predicted octanol–water partition coefficient (Wildman–Crippen LogP) is 3.23. The first-order valence-electron chi connectivity index (χ1n) is 14.5. The SMILES string of the molecule is CN(c1ccncc1)c1c(NCCCCCCC(=O)N(OCCN2CCOCC2)C2CCCCC2)c(=O)c1=O. The second-order valence-electron chi connectivity index (χ2n) is 10.5. The van der Waals surface area contributed by atoms with Gasteiger partial charge in [0.05, 0.1) is 25.9 Å². The molecule has 10 nitrogen and oxygen atoms in total. The van der Waals surface area contributed by atoms with Crippen LogP contribution in [0.1, 0.15) is 64.2 Å². The summed E-state index contributed by atoms with van der Waals surface area (Å²) in [6.07, 6.45) is 12.9. The Kier molecular flexibility index (Phi) is 11.3. The van der Waals surface area contributed by atoms with E-state index in [-0.39, 0.29) is 11.9 Å². The summed E-state index contributed by atoms with van der Waals surface area (Å²) in [4.78, 5) is 51.6. The van der Waals surface area contributed by atoms with Crippen molar-refractivity contribution in [2.45, 2.75) is 70.3 Å². The molecule has 39 heavy (non-hydrogen) atoms. The molecule has 2 fully saturated rings. The number of unbranched alkanes of at least 4 members (excludes halogenated alkanes) is 3. The number of nitrogens with zero attached hydrogens (tertiary/aromatic N) is 4. The molecule has 1 amide bonds. The number of aromatic nitrogens is 1. The maximum absolute atomic E-state index is 13.1. The average molecular weight is 542 g/mol. The summed E-state index contributed by atoms with van der Waals surface area (Å²) in [6.45, 7) is 5.31. The number of hydrogen-bond acceptors (Lipinski definition) is 9. The van der Waals surface area contributed by atoms with Gasteiger partial charge in [-0.05, 0) is 37.8 Å². The standard InChI is InChI=1S/C29H43N5O5/c1-32(23-12-15-30-16-13-23)27-26(28(36)29(27)37)31-14-8-3-2-7-11-25(35)34(24-9-5-4-6-10-24)39-22-19-33-17-20-38-21-18-33/h12-13,15-16,24,31H,2-11,14,17-22H2,1H3. The molecule has 0 spiro atoms. The van der Waals surface area contributed by atoms with Gasteiger partial charge in [-0.3, -0.25) is 29.1 Å². The second kappa shape index (κ2) is 15.1. The molecule has 4 rings (SSSR count). The van der Waals surface area contributed by atoms with E-state index in [9.17, 15) is 14.4 Å². The average Bonchev–Trinajstić information content (AvgIpc) is 2.99. The smallest absolute Gasteiger partial charge is 0.253 e. The van der Waals surface area contributed by atoms with E-state index in [2.05, 4.69) is 15.2 Å². The summed E-state index contributed by atoms with van der Waals surface area (Å²) in [6, 6.07) is 3.79. The minimum atomic E-state index is -0.468. The Bertz CT molecular complexity index is 1090. The quantitative estimate of drug-likeness (QED) is 0.207. The van der Waals surface area contributed by atoms with Crippen molar-refractivity contribution < 1.29 is 14.4 Å². The van der Waals surface area contributed by atoms with Crippen LogP contribution in [0.5, 0.6) is 0 Å². The molecule has 1 saturated heterocycles. The summed E-state index contributed by atoms with van der Waals surface area (Å²) in [5.74, 6) is 0.0922. The zero-order chi connectivity index (χ0) is 27.5. The lowest BCUT2D eigenvalue weighted by atomic mass is 9.95. The van der Waals surface area contributed by atoms with Gasteiger partial charge >= 0.3 is 0 Å². The highest BCUT2D eigenvalue weighted by molar-refractivity contribution is 5.80. The molecule has 2 aromatic rings. The minimum Gasteiger partial charge on any atom is -0.380 e. The van der Waals surface area contributed by atoms with Crippen LogP contribution in [-0.2, 0) is 14.4 Å². The van der Waals surface area contributed by atoms with Crippen molar-refractivity contribution in [2.75, 3.05) is 63.3 Å². The molecule has 2 aliphatic rings. The van der Waals surface area contributed by atoms with E-state index in [1.165, 1.54) is 6.42 Å². The van der Waals surface area contributed by atoms with Gasteiger partial charge < -0.3 is 15.0 Å². The second-order valence-corrected chi connectivity index (χ2v) is 10.5. The normalized spacial score (nSPS) is 16.8. The molecule has 1 N–H and O–H groups in total. The highest BCUT2D eigenvalue weighted by Gasteiger charge is 2.27. The topological polar surface area (TPSA) is 104 Å². The van der Waals surface area contributed by atoms with Crippen LogP contribution in [0.25, 0.3) is 0 Å². The van der Waals surface area contributed by atoms with E-state index in [1.54, 1.807) is 41.5 Å². The van der Waals surface area contributed by atoms with Gasteiger partial charge in [-0.15, -0.1) is 0 Å². The van der Waals surface area contributed by atoms with Gasteiger partial charge in [0, 0.05) is 57.7 Å². The number of ether oxygens (including phenoxy) is 1. The molecular formula is C29H43N5O5. The van der Waals surface area contributed by atoms with Gasteiger partial charge in [0.15, 0.2) is 0 Å². The fourth-order valence-corrected chi connectivity index (χ4v) is 5.43. The maximum atomic E-state index is 13.1. The van der Waals surface area contributed by atoms with Gasteiger partial charge in [0.1, 0.15) is 11.4 Å². The number of hydroxylamine groups is 2. The molecule has 10 heteroatoms. The molecule has 1 aromatic carbocycles. The monoisotopic (exact) mass is 541 g/mol. The molecule has 1 aromatic heterocycles. The van der Waals surface area contributed by atoms with Crippen molar-refractivity contribution in [3.63, 3.8) is 0 Å². The van der Waals surface area contributed by atoms with E-state index in [0.29, 0.717) is 30.9 Å².